The van der Waals surface area contributed by atoms with Crippen LogP contribution in [0.5, 0.6) is 0 Å². The summed E-state index contributed by atoms with van der Waals surface area (Å²) < 4.78 is 29.3. The Morgan fingerprint density at radius 2 is 1.88 bits per heavy atom. The molecule has 2 aliphatic rings. The first-order valence-electron chi connectivity index (χ1n) is 11.4. The van der Waals surface area contributed by atoms with Crippen LogP contribution in [-0.4, -0.2) is 64.2 Å². The van der Waals surface area contributed by atoms with Crippen molar-refractivity contribution in [3.63, 3.8) is 0 Å². The first-order valence-corrected chi connectivity index (χ1v) is 13.8. The van der Waals surface area contributed by atoms with Crippen molar-refractivity contribution in [3.8, 4) is 5.69 Å². The van der Waals surface area contributed by atoms with Gasteiger partial charge >= 0.3 is 0 Å². The summed E-state index contributed by atoms with van der Waals surface area (Å²) in [5.41, 5.74) is 3.60. The number of carbonyl (C=O) groups is 1. The second-order valence-corrected chi connectivity index (χ2v) is 11.4. The molecular formula is C23H26N6O3S2. The number of rotatable bonds is 6. The third-order valence-corrected chi connectivity index (χ3v) is 9.01. The van der Waals surface area contributed by atoms with Gasteiger partial charge in [-0.15, -0.1) is 5.10 Å². The van der Waals surface area contributed by atoms with E-state index >= 15 is 0 Å². The van der Waals surface area contributed by atoms with Gasteiger partial charge in [-0.3, -0.25) is 4.79 Å². The number of anilines is 1. The molecule has 3 aromatic rings. The van der Waals surface area contributed by atoms with Crippen LogP contribution in [0.4, 0.5) is 5.69 Å². The van der Waals surface area contributed by atoms with Gasteiger partial charge in [0.1, 0.15) is 0 Å². The van der Waals surface area contributed by atoms with Gasteiger partial charge in [0.2, 0.25) is 21.1 Å². The molecule has 2 aliphatic heterocycles. The summed E-state index contributed by atoms with van der Waals surface area (Å²) in [7, 11) is -3.49. The number of sulfonamides is 1. The van der Waals surface area contributed by atoms with Gasteiger partial charge in [-0.2, -0.15) is 8.99 Å². The Morgan fingerprint density at radius 1 is 1.06 bits per heavy atom. The molecule has 9 nitrogen and oxygen atoms in total. The van der Waals surface area contributed by atoms with Crippen molar-refractivity contribution >= 4 is 33.4 Å². The quantitative estimate of drug-likeness (QED) is 0.482. The van der Waals surface area contributed by atoms with Crippen molar-refractivity contribution in [2.45, 2.75) is 42.7 Å². The van der Waals surface area contributed by atoms with Crippen LogP contribution in [0.3, 0.4) is 0 Å². The van der Waals surface area contributed by atoms with Crippen LogP contribution in [0.2, 0.25) is 0 Å². The number of amides is 1. The van der Waals surface area contributed by atoms with Crippen LogP contribution in [-0.2, 0) is 21.2 Å². The van der Waals surface area contributed by atoms with E-state index in [4.69, 9.17) is 0 Å². The van der Waals surface area contributed by atoms with Crippen molar-refractivity contribution in [2.75, 3.05) is 30.3 Å². The number of piperidine rings is 1. The van der Waals surface area contributed by atoms with E-state index in [0.29, 0.717) is 36.1 Å². The maximum atomic E-state index is 13.0. The van der Waals surface area contributed by atoms with Crippen LogP contribution < -0.4 is 4.90 Å². The van der Waals surface area contributed by atoms with Crippen LogP contribution in [0.25, 0.3) is 5.69 Å². The Morgan fingerprint density at radius 3 is 2.68 bits per heavy atom. The third kappa shape index (κ3) is 4.47. The Kier molecular flexibility index (Phi) is 6.41. The van der Waals surface area contributed by atoms with Crippen LogP contribution in [0, 0.1) is 6.92 Å². The highest BCUT2D eigenvalue weighted by Crippen LogP contribution is 2.32. The fourth-order valence-corrected chi connectivity index (χ4v) is 6.78. The van der Waals surface area contributed by atoms with E-state index in [1.54, 1.807) is 32.1 Å². The van der Waals surface area contributed by atoms with Gasteiger partial charge in [-0.25, -0.2) is 8.42 Å². The average molecular weight is 499 g/mol. The molecule has 1 saturated heterocycles. The van der Waals surface area contributed by atoms with E-state index in [1.165, 1.54) is 11.8 Å². The molecule has 3 heterocycles. The molecular weight excluding hydrogens is 472 g/mol. The highest BCUT2D eigenvalue weighted by atomic mass is 32.2. The molecule has 34 heavy (non-hydrogen) atoms. The zero-order valence-corrected chi connectivity index (χ0v) is 20.6. The molecule has 0 aliphatic carbocycles. The van der Waals surface area contributed by atoms with Gasteiger partial charge < -0.3 is 4.90 Å². The van der Waals surface area contributed by atoms with Crippen molar-refractivity contribution in [2.24, 2.45) is 0 Å². The highest BCUT2D eigenvalue weighted by Gasteiger charge is 2.30. The molecule has 178 valence electrons. The number of aromatic nitrogens is 4. The fraction of sp³-hybridized carbons (Fsp3) is 0.391. The highest BCUT2D eigenvalue weighted by molar-refractivity contribution is 7.99. The van der Waals surface area contributed by atoms with Crippen LogP contribution in [0.1, 0.15) is 30.4 Å². The number of carbonyl (C=O) groups excluding carboxylic acids is 1. The van der Waals surface area contributed by atoms with Gasteiger partial charge in [0.15, 0.2) is 0 Å². The van der Waals surface area contributed by atoms with Gasteiger partial charge in [0.25, 0.3) is 0 Å². The number of benzene rings is 2. The van der Waals surface area contributed by atoms with Crippen molar-refractivity contribution in [3.05, 3.63) is 53.6 Å². The van der Waals surface area contributed by atoms with Gasteiger partial charge in [-0.1, -0.05) is 30.3 Å². The van der Waals surface area contributed by atoms with E-state index < -0.39 is 10.0 Å². The maximum Gasteiger partial charge on any atom is 0.243 e. The predicted octanol–water partition coefficient (Wildman–Crippen LogP) is 2.83. The smallest absolute Gasteiger partial charge is 0.243 e. The number of thioether (sulfide) groups is 1. The number of tetrazole rings is 1. The summed E-state index contributed by atoms with van der Waals surface area (Å²) in [4.78, 5) is 15.1. The molecule has 5 rings (SSSR count). The van der Waals surface area contributed by atoms with E-state index in [-0.39, 0.29) is 11.7 Å². The molecule has 1 amide bonds. The number of fused-ring (bicyclic) bond motifs is 1. The third-order valence-electron chi connectivity index (χ3n) is 6.21. The topological polar surface area (TPSA) is 101 Å². The Labute approximate surface area is 203 Å². The van der Waals surface area contributed by atoms with Crippen molar-refractivity contribution in [1.29, 1.82) is 0 Å². The fourth-order valence-electron chi connectivity index (χ4n) is 4.45. The SMILES string of the molecule is Cc1cccc(-n2nnnc2SCC(=O)N2CCc3cc(S(=O)(=O)N4CCCCC4)ccc32)c1. The first kappa shape index (κ1) is 23.0. The maximum absolute atomic E-state index is 13.0. The molecule has 0 bridgehead atoms. The summed E-state index contributed by atoms with van der Waals surface area (Å²) >= 11 is 1.28. The number of hydrogen-bond donors (Lipinski definition) is 0. The lowest BCUT2D eigenvalue weighted by atomic mass is 10.2. The van der Waals surface area contributed by atoms with Gasteiger partial charge in [-0.05, 0) is 78.1 Å². The Hall–Kier alpha value is -2.76. The monoisotopic (exact) mass is 498 g/mol. The number of nitrogens with zero attached hydrogens (tertiary/aromatic N) is 6. The Balaban J connectivity index is 1.28. The molecule has 0 saturated carbocycles. The van der Waals surface area contributed by atoms with Gasteiger partial charge in [0.05, 0.1) is 16.3 Å². The van der Waals surface area contributed by atoms with E-state index in [9.17, 15) is 13.2 Å². The molecule has 0 atom stereocenters. The van der Waals surface area contributed by atoms with E-state index in [2.05, 4.69) is 15.5 Å². The molecule has 0 spiro atoms. The normalized spacial score (nSPS) is 16.6. The molecule has 1 fully saturated rings. The summed E-state index contributed by atoms with van der Waals surface area (Å²) in [5.74, 6) is 0.119. The largest absolute Gasteiger partial charge is 0.311 e. The molecule has 0 N–H and O–H groups in total. The van der Waals surface area contributed by atoms with Crippen molar-refractivity contribution < 1.29 is 13.2 Å². The molecule has 0 unspecified atom stereocenters. The zero-order chi connectivity index (χ0) is 23.7. The standard InChI is InChI=1S/C23H26N6O3S2/c1-17-6-5-7-19(14-17)29-23(24-25-26-29)33-16-22(30)28-13-10-18-15-20(8-9-21(18)28)34(31,32)27-11-3-2-4-12-27/h5-9,14-15H,2-4,10-13,16H2,1H3. The summed E-state index contributed by atoms with van der Waals surface area (Å²) in [6.07, 6.45) is 3.51. The molecule has 2 aromatic carbocycles. The second-order valence-electron chi connectivity index (χ2n) is 8.55. The molecule has 0 radical (unpaired) electrons. The van der Waals surface area contributed by atoms with Crippen LogP contribution >= 0.6 is 11.8 Å². The average Bonchev–Trinajstić information content (AvgIpc) is 3.50. The lowest BCUT2D eigenvalue weighted by Crippen LogP contribution is -2.35. The number of hydrogen-bond acceptors (Lipinski definition) is 7. The second kappa shape index (κ2) is 9.47. The minimum Gasteiger partial charge on any atom is -0.311 e. The van der Waals surface area contributed by atoms with Crippen LogP contribution in [0.15, 0.2) is 52.5 Å². The lowest BCUT2D eigenvalue weighted by molar-refractivity contribution is -0.116. The summed E-state index contributed by atoms with van der Waals surface area (Å²) in [6, 6.07) is 13.0. The van der Waals surface area contributed by atoms with Crippen molar-refractivity contribution in [1.82, 2.24) is 24.5 Å². The summed E-state index contributed by atoms with van der Waals surface area (Å²) in [6.45, 7) is 3.68. The first-order chi connectivity index (χ1) is 16.4. The minimum absolute atomic E-state index is 0.0609. The minimum atomic E-state index is -3.49. The predicted molar refractivity (Wildman–Crippen MR) is 130 cm³/mol. The van der Waals surface area contributed by atoms with E-state index in [0.717, 1.165) is 41.8 Å². The molecule has 11 heteroatoms. The van der Waals surface area contributed by atoms with E-state index in [1.807, 2.05) is 31.2 Å². The van der Waals surface area contributed by atoms with Gasteiger partial charge in [0, 0.05) is 25.3 Å². The summed E-state index contributed by atoms with van der Waals surface area (Å²) in [5, 5.41) is 12.4. The Bertz CT molecular complexity index is 1320. The lowest BCUT2D eigenvalue weighted by Gasteiger charge is -2.26. The number of aryl methyl sites for hydroxylation is 1. The zero-order valence-electron chi connectivity index (χ0n) is 18.9. The molecule has 1 aromatic heterocycles.